The van der Waals surface area contributed by atoms with Crippen molar-refractivity contribution in [1.29, 1.82) is 0 Å². The molecule has 152 valence electrons. The molecule has 0 radical (unpaired) electrons. The van der Waals surface area contributed by atoms with Gasteiger partial charge in [0.1, 0.15) is 11.5 Å². The van der Waals surface area contributed by atoms with E-state index in [9.17, 15) is 9.90 Å². The van der Waals surface area contributed by atoms with Crippen molar-refractivity contribution in [1.82, 2.24) is 4.98 Å². The molecule has 0 amide bonds. The Morgan fingerprint density at radius 3 is 2.40 bits per heavy atom. The van der Waals surface area contributed by atoms with Crippen molar-refractivity contribution >= 4 is 16.9 Å². The van der Waals surface area contributed by atoms with Gasteiger partial charge >= 0.3 is 0 Å². The van der Waals surface area contributed by atoms with Crippen molar-refractivity contribution in [3.8, 4) is 22.8 Å². The largest absolute Gasteiger partial charge is 0.545 e. The Bertz CT molecular complexity index is 1200. The van der Waals surface area contributed by atoms with Gasteiger partial charge in [0, 0.05) is 16.5 Å². The number of carbonyl (C=O) groups excluding carboxylic acids is 1. The van der Waals surface area contributed by atoms with Crippen LogP contribution in [0.25, 0.3) is 33.7 Å². The molecular weight excluding hydrogens is 374 g/mol. The van der Waals surface area contributed by atoms with Gasteiger partial charge in [-0.15, -0.1) is 0 Å². The number of fused-ring (bicyclic) bond motifs is 1. The zero-order chi connectivity index (χ0) is 21.3. The van der Waals surface area contributed by atoms with Gasteiger partial charge in [-0.05, 0) is 60.2 Å². The smallest absolute Gasteiger partial charge is 0.153 e. The number of aromatic nitrogens is 1. The third-order valence-corrected chi connectivity index (χ3v) is 5.74. The summed E-state index contributed by atoms with van der Waals surface area (Å²) in [5, 5.41) is 12.4. The lowest BCUT2D eigenvalue weighted by molar-refractivity contribution is -0.254. The molecule has 0 aliphatic carbocycles. The molecule has 0 saturated heterocycles. The van der Waals surface area contributed by atoms with Crippen LogP contribution in [-0.2, 0) is 6.42 Å². The lowest BCUT2D eigenvalue weighted by atomic mass is 9.97. The maximum atomic E-state index is 11.8. The quantitative estimate of drug-likeness (QED) is 0.424. The summed E-state index contributed by atoms with van der Waals surface area (Å²) in [5.41, 5.74) is 4.55. The summed E-state index contributed by atoms with van der Waals surface area (Å²) in [7, 11) is 0. The summed E-state index contributed by atoms with van der Waals surface area (Å²) in [6.07, 6.45) is 1.92. The van der Waals surface area contributed by atoms with E-state index in [1.165, 1.54) is 11.6 Å². The predicted octanol–water partition coefficient (Wildman–Crippen LogP) is 5.60. The Labute approximate surface area is 176 Å². The summed E-state index contributed by atoms with van der Waals surface area (Å²) in [5.74, 6) is 0.549. The highest BCUT2D eigenvalue weighted by atomic mass is 16.4. The van der Waals surface area contributed by atoms with Crippen LogP contribution in [-0.4, -0.2) is 11.0 Å². The van der Waals surface area contributed by atoms with Gasteiger partial charge < -0.3 is 14.3 Å². The number of rotatable bonds is 6. The van der Waals surface area contributed by atoms with Crippen molar-refractivity contribution in [2.45, 2.75) is 39.5 Å². The number of hydrogen-bond acceptors (Lipinski definition) is 4. The molecule has 2 heterocycles. The van der Waals surface area contributed by atoms with E-state index in [4.69, 9.17) is 4.42 Å². The van der Waals surface area contributed by atoms with Crippen LogP contribution in [0.15, 0.2) is 65.1 Å². The Balaban J connectivity index is 1.73. The molecule has 4 rings (SSSR count). The van der Waals surface area contributed by atoms with E-state index in [-0.39, 0.29) is 5.56 Å². The lowest BCUT2D eigenvalue weighted by Gasteiger charge is -2.11. The average Bonchev–Trinajstić information content (AvgIpc) is 3.27. The molecule has 2 aromatic heterocycles. The van der Waals surface area contributed by atoms with Gasteiger partial charge in [0.05, 0.1) is 11.5 Å². The molecule has 0 bridgehead atoms. The van der Waals surface area contributed by atoms with E-state index in [1.54, 1.807) is 0 Å². The normalized spacial score (nSPS) is 12.2. The minimum absolute atomic E-state index is 0.126. The van der Waals surface area contributed by atoms with Gasteiger partial charge in [-0.1, -0.05) is 51.1 Å². The van der Waals surface area contributed by atoms with Crippen LogP contribution in [0, 0.1) is 0 Å². The van der Waals surface area contributed by atoms with Gasteiger partial charge in [0.25, 0.3) is 0 Å². The van der Waals surface area contributed by atoms with Crippen LogP contribution < -0.4 is 5.11 Å². The monoisotopic (exact) mass is 398 g/mol. The van der Waals surface area contributed by atoms with Crippen LogP contribution in [0.1, 0.15) is 54.6 Å². The number of aryl methyl sites for hydroxylation is 1. The topological polar surface area (TPSA) is 66.2 Å². The molecule has 2 aromatic carbocycles. The standard InChI is InChI=1S/C26H25NO3/c1-4-16(3)18-7-9-19(10-8-18)24-12-13-25(30-24)23-15-21(26(28)29)20-14-17(5-2)6-11-22(20)27-23/h6-16H,4-5H2,1-3H3,(H,28,29)/p-1/t16-/m0/s1. The van der Waals surface area contributed by atoms with Crippen molar-refractivity contribution < 1.29 is 14.3 Å². The molecule has 0 aliphatic rings. The van der Waals surface area contributed by atoms with E-state index in [1.807, 2.05) is 37.3 Å². The Morgan fingerprint density at radius 2 is 1.73 bits per heavy atom. The molecule has 4 heteroatoms. The van der Waals surface area contributed by atoms with Crippen molar-refractivity contribution in [3.63, 3.8) is 0 Å². The summed E-state index contributed by atoms with van der Waals surface area (Å²) in [6, 6.07) is 19.3. The fraction of sp³-hybridized carbons (Fsp3) is 0.231. The number of furan rings is 1. The molecular formula is C26H24NO3-. The average molecular weight is 398 g/mol. The maximum Gasteiger partial charge on any atom is 0.153 e. The molecule has 4 aromatic rings. The number of aromatic carboxylic acids is 1. The number of pyridine rings is 1. The molecule has 1 atom stereocenters. The predicted molar refractivity (Wildman–Crippen MR) is 117 cm³/mol. The van der Waals surface area contributed by atoms with Crippen molar-refractivity contribution in [3.05, 3.63) is 77.4 Å². The van der Waals surface area contributed by atoms with Crippen molar-refractivity contribution in [2.24, 2.45) is 0 Å². The Hall–Kier alpha value is -3.40. The highest BCUT2D eigenvalue weighted by Crippen LogP contribution is 2.31. The Morgan fingerprint density at radius 1 is 1.00 bits per heavy atom. The third-order valence-electron chi connectivity index (χ3n) is 5.74. The van der Waals surface area contributed by atoms with Crippen LogP contribution in [0.3, 0.4) is 0 Å². The van der Waals surface area contributed by atoms with Gasteiger partial charge in [-0.3, -0.25) is 0 Å². The minimum atomic E-state index is -1.22. The molecule has 0 spiro atoms. The number of carboxylic acid groups (broad SMARTS) is 1. The maximum absolute atomic E-state index is 11.8. The van der Waals surface area contributed by atoms with Crippen molar-refractivity contribution in [2.75, 3.05) is 0 Å². The Kier molecular flexibility index (Phi) is 5.40. The minimum Gasteiger partial charge on any atom is -0.545 e. The summed E-state index contributed by atoms with van der Waals surface area (Å²) < 4.78 is 6.04. The molecule has 0 N–H and O–H groups in total. The second-order valence-electron chi connectivity index (χ2n) is 7.64. The number of nitrogens with zero attached hydrogens (tertiary/aromatic N) is 1. The highest BCUT2D eigenvalue weighted by Gasteiger charge is 2.13. The first kappa shape index (κ1) is 19.9. The van der Waals surface area contributed by atoms with Crippen LogP contribution in [0.4, 0.5) is 0 Å². The van der Waals surface area contributed by atoms with E-state index in [2.05, 4.69) is 43.1 Å². The molecule has 30 heavy (non-hydrogen) atoms. The first-order valence-corrected chi connectivity index (χ1v) is 10.4. The van der Waals surface area contributed by atoms with E-state index in [0.29, 0.717) is 28.3 Å². The number of benzene rings is 2. The first-order chi connectivity index (χ1) is 14.5. The van der Waals surface area contributed by atoms with Gasteiger partial charge in [-0.25, -0.2) is 4.98 Å². The highest BCUT2D eigenvalue weighted by molar-refractivity contribution is 6.03. The molecule has 0 aliphatic heterocycles. The number of hydrogen-bond donors (Lipinski definition) is 0. The van der Waals surface area contributed by atoms with Gasteiger partial charge in [0.2, 0.25) is 0 Å². The number of carboxylic acids is 1. The number of carbonyl (C=O) groups is 1. The molecule has 0 fully saturated rings. The van der Waals surface area contributed by atoms with Crippen LogP contribution in [0.5, 0.6) is 0 Å². The van der Waals surface area contributed by atoms with Gasteiger partial charge in [0.15, 0.2) is 5.76 Å². The van der Waals surface area contributed by atoms with Gasteiger partial charge in [-0.2, -0.15) is 0 Å². The van der Waals surface area contributed by atoms with E-state index in [0.717, 1.165) is 29.7 Å². The molecule has 4 nitrogen and oxygen atoms in total. The van der Waals surface area contributed by atoms with Crippen LogP contribution in [0.2, 0.25) is 0 Å². The fourth-order valence-corrected chi connectivity index (χ4v) is 3.63. The molecule has 0 saturated carbocycles. The first-order valence-electron chi connectivity index (χ1n) is 10.4. The second-order valence-corrected chi connectivity index (χ2v) is 7.64. The SMILES string of the molecule is CCc1ccc2nc(-c3ccc(-c4ccc([C@@H](C)CC)cc4)o3)cc(C(=O)[O-])c2c1. The van der Waals surface area contributed by atoms with E-state index < -0.39 is 5.97 Å². The van der Waals surface area contributed by atoms with E-state index >= 15 is 0 Å². The second kappa shape index (κ2) is 8.15. The zero-order valence-corrected chi connectivity index (χ0v) is 17.4. The third kappa shape index (κ3) is 3.73. The summed E-state index contributed by atoms with van der Waals surface area (Å²) in [4.78, 5) is 16.4. The fourth-order valence-electron chi connectivity index (χ4n) is 3.63. The molecule has 0 unspecified atom stereocenters. The lowest BCUT2D eigenvalue weighted by Crippen LogP contribution is -2.22. The summed E-state index contributed by atoms with van der Waals surface area (Å²) >= 11 is 0. The summed E-state index contributed by atoms with van der Waals surface area (Å²) in [6.45, 7) is 6.42. The van der Waals surface area contributed by atoms with Crippen LogP contribution >= 0.6 is 0 Å². The zero-order valence-electron chi connectivity index (χ0n) is 17.4.